The zero-order chi connectivity index (χ0) is 24.3. The molecule has 0 bridgehead atoms. The molecule has 0 aliphatic carbocycles. The molecule has 10 heteroatoms. The van der Waals surface area contributed by atoms with Crippen LogP contribution in [0.2, 0.25) is 0 Å². The maximum atomic E-state index is 13.1. The molecule has 1 aliphatic rings. The fraction of sp³-hybridized carbons (Fsp3) is 0.292. The first-order valence-corrected chi connectivity index (χ1v) is 10.6. The largest absolute Gasteiger partial charge is 0.489 e. The molecule has 0 radical (unpaired) electrons. The Morgan fingerprint density at radius 3 is 2.82 bits per heavy atom. The Bertz CT molecular complexity index is 1270. The molecular formula is C24H24N6O4. The van der Waals surface area contributed by atoms with Crippen LogP contribution in [0.25, 0.3) is 0 Å². The third-order valence-corrected chi connectivity index (χ3v) is 4.99. The summed E-state index contributed by atoms with van der Waals surface area (Å²) in [5.74, 6) is 6.40. The van der Waals surface area contributed by atoms with E-state index in [-0.39, 0.29) is 12.5 Å². The zero-order valence-electron chi connectivity index (χ0n) is 19.0. The molecular weight excluding hydrogens is 436 g/mol. The molecule has 0 saturated heterocycles. The summed E-state index contributed by atoms with van der Waals surface area (Å²) in [5.41, 5.74) is 0.765. The maximum absolute atomic E-state index is 13.1. The number of aromatic nitrogens is 4. The highest BCUT2D eigenvalue weighted by Crippen LogP contribution is 2.31. The predicted octanol–water partition coefficient (Wildman–Crippen LogP) is 1.37. The Morgan fingerprint density at radius 2 is 2.09 bits per heavy atom. The number of ether oxygens (including phenoxy) is 1. The van der Waals surface area contributed by atoms with Gasteiger partial charge in [-0.15, -0.1) is 0 Å². The first-order valence-electron chi connectivity index (χ1n) is 10.6. The van der Waals surface area contributed by atoms with Crippen molar-refractivity contribution >= 4 is 17.6 Å². The van der Waals surface area contributed by atoms with Crippen molar-refractivity contribution in [3.05, 3.63) is 66.0 Å². The van der Waals surface area contributed by atoms with Crippen molar-refractivity contribution in [3.8, 4) is 17.6 Å². The Hall–Kier alpha value is -4.23. The van der Waals surface area contributed by atoms with Gasteiger partial charge >= 0.3 is 6.03 Å². The maximum Gasteiger partial charge on any atom is 0.342 e. The van der Waals surface area contributed by atoms with Crippen LogP contribution in [0, 0.1) is 11.8 Å². The Kier molecular flexibility index (Phi) is 6.30. The van der Waals surface area contributed by atoms with Crippen LogP contribution in [-0.4, -0.2) is 62.1 Å². The first-order chi connectivity index (χ1) is 16.2. The molecule has 1 aromatic carbocycles. The van der Waals surface area contributed by atoms with Crippen LogP contribution >= 0.6 is 0 Å². The molecule has 1 atom stereocenters. The molecule has 2 amide bonds. The quantitative estimate of drug-likeness (QED) is 0.566. The smallest absolute Gasteiger partial charge is 0.342 e. The number of anilines is 1. The van der Waals surface area contributed by atoms with Crippen LogP contribution in [0.1, 0.15) is 30.8 Å². The number of carbonyl (C=O) groups excluding carboxylic acids is 2. The summed E-state index contributed by atoms with van der Waals surface area (Å²) in [6.07, 6.45) is 6.85. The predicted molar refractivity (Wildman–Crippen MR) is 123 cm³/mol. The van der Waals surface area contributed by atoms with Gasteiger partial charge in [0.05, 0.1) is 11.9 Å². The van der Waals surface area contributed by atoms with Crippen molar-refractivity contribution in [3.63, 3.8) is 0 Å². The minimum Gasteiger partial charge on any atom is -0.489 e. The lowest BCUT2D eigenvalue weighted by molar-refractivity contribution is -0.120. The number of benzene rings is 1. The molecule has 4 rings (SSSR count). The molecule has 3 heterocycles. The van der Waals surface area contributed by atoms with Crippen LogP contribution < -0.4 is 15.0 Å². The highest BCUT2D eigenvalue weighted by Gasteiger charge is 2.31. The molecule has 2 N–H and O–H groups in total. The second kappa shape index (κ2) is 9.33. The third kappa shape index (κ3) is 5.39. The minimum atomic E-state index is -1.14. The summed E-state index contributed by atoms with van der Waals surface area (Å²) >= 11 is 0. The van der Waals surface area contributed by atoms with Gasteiger partial charge in [-0.2, -0.15) is 9.78 Å². The molecule has 10 nitrogen and oxygen atoms in total. The first kappa shape index (κ1) is 22.9. The molecule has 1 aliphatic heterocycles. The van der Waals surface area contributed by atoms with Crippen molar-refractivity contribution in [2.24, 2.45) is 0 Å². The number of fused-ring (bicyclic) bond motifs is 1. The number of aliphatic hydroxyl groups is 1. The van der Waals surface area contributed by atoms with E-state index in [1.807, 2.05) is 0 Å². The van der Waals surface area contributed by atoms with E-state index in [2.05, 4.69) is 32.2 Å². The Balaban J connectivity index is 1.46. The highest BCUT2D eigenvalue weighted by atomic mass is 16.5. The number of rotatable bonds is 3. The molecule has 2 aromatic heterocycles. The van der Waals surface area contributed by atoms with Gasteiger partial charge in [0, 0.05) is 37.6 Å². The number of amides is 2. The van der Waals surface area contributed by atoms with E-state index in [4.69, 9.17) is 4.74 Å². The van der Waals surface area contributed by atoms with Crippen LogP contribution in [0.4, 0.5) is 10.5 Å². The minimum absolute atomic E-state index is 0.0391. The van der Waals surface area contributed by atoms with Crippen LogP contribution in [0.3, 0.4) is 0 Å². The van der Waals surface area contributed by atoms with Crippen molar-refractivity contribution in [2.75, 3.05) is 18.6 Å². The van der Waals surface area contributed by atoms with E-state index >= 15 is 0 Å². The summed E-state index contributed by atoms with van der Waals surface area (Å²) in [4.78, 5) is 35.5. The van der Waals surface area contributed by atoms with Gasteiger partial charge < -0.3 is 20.1 Å². The number of carbonyl (C=O) groups is 2. The van der Waals surface area contributed by atoms with Crippen molar-refractivity contribution in [2.45, 2.75) is 31.9 Å². The second-order valence-electron chi connectivity index (χ2n) is 8.34. The summed E-state index contributed by atoms with van der Waals surface area (Å²) in [6, 6.07) is 5.42. The van der Waals surface area contributed by atoms with Gasteiger partial charge in [0.2, 0.25) is 0 Å². The van der Waals surface area contributed by atoms with Gasteiger partial charge in [-0.1, -0.05) is 11.8 Å². The summed E-state index contributed by atoms with van der Waals surface area (Å²) in [7, 11) is 1.61. The zero-order valence-corrected chi connectivity index (χ0v) is 19.0. The second-order valence-corrected chi connectivity index (χ2v) is 8.34. The highest BCUT2D eigenvalue weighted by molar-refractivity contribution is 6.00. The van der Waals surface area contributed by atoms with Gasteiger partial charge in [-0.25, -0.2) is 14.8 Å². The number of hydrogen-bond acceptors (Lipinski definition) is 7. The lowest BCUT2D eigenvalue weighted by Gasteiger charge is -2.20. The molecule has 0 unspecified atom stereocenters. The van der Waals surface area contributed by atoms with Crippen molar-refractivity contribution < 1.29 is 19.4 Å². The van der Waals surface area contributed by atoms with E-state index in [0.717, 1.165) is 10.2 Å². The number of likely N-dealkylation sites (N-methyl/N-ethyl adjacent to an activating group) is 1. The lowest BCUT2D eigenvalue weighted by Crippen LogP contribution is -2.50. The summed E-state index contributed by atoms with van der Waals surface area (Å²) in [5, 5.41) is 16.6. The van der Waals surface area contributed by atoms with Gasteiger partial charge in [0.15, 0.2) is 0 Å². The summed E-state index contributed by atoms with van der Waals surface area (Å²) in [6.45, 7) is 3.14. The number of nitrogens with zero attached hydrogens (tertiary/aromatic N) is 5. The van der Waals surface area contributed by atoms with E-state index in [9.17, 15) is 14.7 Å². The summed E-state index contributed by atoms with van der Waals surface area (Å²) < 4.78 is 6.94. The molecule has 34 heavy (non-hydrogen) atoms. The third-order valence-electron chi connectivity index (χ3n) is 4.99. The Labute approximate surface area is 196 Å². The Morgan fingerprint density at radius 1 is 1.32 bits per heavy atom. The molecule has 0 fully saturated rings. The topological polar surface area (TPSA) is 122 Å². The number of hydrogen-bond donors (Lipinski definition) is 2. The monoisotopic (exact) mass is 460 g/mol. The van der Waals surface area contributed by atoms with Crippen molar-refractivity contribution in [1.82, 2.24) is 25.1 Å². The van der Waals surface area contributed by atoms with Crippen molar-refractivity contribution in [1.29, 1.82) is 0 Å². The van der Waals surface area contributed by atoms with Crippen LogP contribution in [0.15, 0.2) is 49.1 Å². The average molecular weight is 460 g/mol. The lowest BCUT2D eigenvalue weighted by atomic mass is 10.1. The fourth-order valence-corrected chi connectivity index (χ4v) is 3.29. The van der Waals surface area contributed by atoms with Gasteiger partial charge in [0.25, 0.3) is 5.91 Å². The van der Waals surface area contributed by atoms with E-state index in [0.29, 0.717) is 29.2 Å². The molecule has 0 saturated carbocycles. The van der Waals surface area contributed by atoms with Gasteiger partial charge in [-0.3, -0.25) is 4.79 Å². The number of nitrogens with one attached hydrogen (secondary N) is 1. The average Bonchev–Trinajstić information content (AvgIpc) is 3.24. The van der Waals surface area contributed by atoms with Gasteiger partial charge in [-0.05, 0) is 43.7 Å². The molecule has 3 aromatic rings. The standard InChI is InChI=1S/C24H24N6O4/c1-24(2,33)8-7-16-5-6-20-19(11-16)29(3)22(31)18(15-34-20)28-23(32)30-14-17(13-27-30)12-21-25-9-4-10-26-21/h4-6,9-11,13-14,18,33H,12,15H2,1-3H3,(H,28,32)/t18-/m0/s1. The molecule has 174 valence electrons. The van der Waals surface area contributed by atoms with E-state index < -0.39 is 17.7 Å². The molecule has 0 spiro atoms. The van der Waals surface area contributed by atoms with Crippen LogP contribution in [0.5, 0.6) is 5.75 Å². The normalized spacial score (nSPS) is 15.5. The van der Waals surface area contributed by atoms with Gasteiger partial charge in [0.1, 0.15) is 29.8 Å². The van der Waals surface area contributed by atoms with Crippen LogP contribution in [-0.2, 0) is 11.2 Å². The van der Waals surface area contributed by atoms with E-state index in [1.165, 1.54) is 4.90 Å². The van der Waals surface area contributed by atoms with E-state index in [1.54, 1.807) is 69.9 Å². The fourth-order valence-electron chi connectivity index (χ4n) is 3.29. The SMILES string of the molecule is CN1C(=O)[C@@H](NC(=O)n2cc(Cc3ncccn3)cn2)COc2ccc(C#CC(C)(C)O)cc21.